The molecule has 0 saturated heterocycles. The monoisotopic (exact) mass is 335 g/mol. The van der Waals surface area contributed by atoms with Crippen molar-refractivity contribution in [3.8, 4) is 11.5 Å². The van der Waals surface area contributed by atoms with Crippen LogP contribution in [-0.4, -0.2) is 22.6 Å². The Kier molecular flexibility index (Phi) is 5.28. The second-order valence-corrected chi connectivity index (χ2v) is 6.91. The lowest BCUT2D eigenvalue weighted by atomic mass is 10.1. The van der Waals surface area contributed by atoms with E-state index in [1.54, 1.807) is 13.0 Å². The van der Waals surface area contributed by atoms with Gasteiger partial charge in [-0.25, -0.2) is 13.1 Å². The lowest BCUT2D eigenvalue weighted by molar-refractivity contribution is 0.353. The van der Waals surface area contributed by atoms with Gasteiger partial charge in [-0.2, -0.15) is 0 Å². The molecule has 0 amide bonds. The van der Waals surface area contributed by atoms with Crippen LogP contribution in [0.1, 0.15) is 24.1 Å². The quantitative estimate of drug-likeness (QED) is 0.881. The van der Waals surface area contributed by atoms with Crippen LogP contribution in [0, 0.1) is 6.92 Å². The Morgan fingerprint density at radius 2 is 1.57 bits per heavy atom. The molecule has 6 heteroatoms. The largest absolute Gasteiger partial charge is 0.493 e. The van der Waals surface area contributed by atoms with E-state index < -0.39 is 10.0 Å². The maximum absolute atomic E-state index is 12.7. The Balaban J connectivity index is 2.36. The van der Waals surface area contributed by atoms with Crippen molar-refractivity contribution in [2.24, 2.45) is 0 Å². The summed E-state index contributed by atoms with van der Waals surface area (Å²) in [7, 11) is -0.691. The fourth-order valence-corrected chi connectivity index (χ4v) is 3.83. The molecule has 2 aromatic rings. The second-order valence-electron chi connectivity index (χ2n) is 5.23. The highest BCUT2D eigenvalue weighted by atomic mass is 32.2. The Labute approximate surface area is 137 Å². The molecule has 1 atom stereocenters. The standard InChI is InChI=1S/C17H21NO4S/c1-12-10-15(21-3)16(22-4)11-17(12)23(19,20)18-13(2)14-8-6-5-7-9-14/h5-11,13,18H,1-4H3. The maximum Gasteiger partial charge on any atom is 0.241 e. The number of hydrogen-bond donors (Lipinski definition) is 1. The molecule has 23 heavy (non-hydrogen) atoms. The number of rotatable bonds is 6. The highest BCUT2D eigenvalue weighted by Gasteiger charge is 2.22. The van der Waals surface area contributed by atoms with E-state index in [0.717, 1.165) is 5.56 Å². The average molecular weight is 335 g/mol. The number of nitrogens with one attached hydrogen (secondary N) is 1. The minimum absolute atomic E-state index is 0.179. The molecule has 0 aromatic heterocycles. The summed E-state index contributed by atoms with van der Waals surface area (Å²) in [6, 6.07) is 12.2. The normalized spacial score (nSPS) is 12.7. The predicted molar refractivity (Wildman–Crippen MR) is 89.5 cm³/mol. The van der Waals surface area contributed by atoms with E-state index in [-0.39, 0.29) is 10.9 Å². The van der Waals surface area contributed by atoms with Crippen LogP contribution in [0.15, 0.2) is 47.4 Å². The van der Waals surface area contributed by atoms with E-state index >= 15 is 0 Å². The molecule has 5 nitrogen and oxygen atoms in total. The van der Waals surface area contributed by atoms with Crippen LogP contribution in [0.25, 0.3) is 0 Å². The van der Waals surface area contributed by atoms with Crippen molar-refractivity contribution in [2.75, 3.05) is 14.2 Å². The van der Waals surface area contributed by atoms with Crippen molar-refractivity contribution in [1.29, 1.82) is 0 Å². The summed E-state index contributed by atoms with van der Waals surface area (Å²) in [6.45, 7) is 3.53. The van der Waals surface area contributed by atoms with Gasteiger partial charge in [-0.05, 0) is 31.0 Å². The van der Waals surface area contributed by atoms with Crippen molar-refractivity contribution in [1.82, 2.24) is 4.72 Å². The van der Waals surface area contributed by atoms with Gasteiger partial charge in [0.05, 0.1) is 19.1 Å². The molecule has 0 spiro atoms. The van der Waals surface area contributed by atoms with E-state index in [1.807, 2.05) is 37.3 Å². The highest BCUT2D eigenvalue weighted by molar-refractivity contribution is 7.89. The molecule has 0 saturated carbocycles. The Hall–Kier alpha value is -2.05. The third kappa shape index (κ3) is 3.83. The van der Waals surface area contributed by atoms with E-state index in [2.05, 4.69) is 4.72 Å². The van der Waals surface area contributed by atoms with Gasteiger partial charge in [-0.15, -0.1) is 0 Å². The zero-order valence-corrected chi connectivity index (χ0v) is 14.5. The Morgan fingerprint density at radius 3 is 2.13 bits per heavy atom. The zero-order valence-electron chi connectivity index (χ0n) is 13.7. The third-order valence-electron chi connectivity index (χ3n) is 3.60. The zero-order chi connectivity index (χ0) is 17.0. The molecule has 0 aliphatic heterocycles. The van der Waals surface area contributed by atoms with Crippen LogP contribution >= 0.6 is 0 Å². The predicted octanol–water partition coefficient (Wildman–Crippen LogP) is 3.05. The van der Waals surface area contributed by atoms with Gasteiger partial charge < -0.3 is 9.47 Å². The molecule has 124 valence electrons. The Bertz CT molecular complexity index is 773. The molecule has 0 fully saturated rings. The highest BCUT2D eigenvalue weighted by Crippen LogP contribution is 2.32. The molecule has 0 heterocycles. The van der Waals surface area contributed by atoms with Gasteiger partial charge in [0.25, 0.3) is 0 Å². The van der Waals surface area contributed by atoms with Crippen LogP contribution in [0.4, 0.5) is 0 Å². The minimum atomic E-state index is -3.68. The van der Waals surface area contributed by atoms with Gasteiger partial charge in [0, 0.05) is 12.1 Å². The van der Waals surface area contributed by atoms with Crippen molar-refractivity contribution in [3.63, 3.8) is 0 Å². The van der Waals surface area contributed by atoms with Crippen LogP contribution in [0.3, 0.4) is 0 Å². The SMILES string of the molecule is COc1cc(C)c(S(=O)(=O)NC(C)c2ccccc2)cc1OC. The van der Waals surface area contributed by atoms with E-state index in [1.165, 1.54) is 20.3 Å². The second kappa shape index (κ2) is 7.02. The topological polar surface area (TPSA) is 64.6 Å². The van der Waals surface area contributed by atoms with Gasteiger partial charge in [0.1, 0.15) is 0 Å². The fourth-order valence-electron chi connectivity index (χ4n) is 2.36. The molecule has 2 rings (SSSR count). The molecule has 0 aliphatic rings. The summed E-state index contributed by atoms with van der Waals surface area (Å²) in [5.74, 6) is 0.880. The summed E-state index contributed by atoms with van der Waals surface area (Å²) >= 11 is 0. The first-order valence-corrected chi connectivity index (χ1v) is 8.67. The van der Waals surface area contributed by atoms with Gasteiger partial charge in [-0.1, -0.05) is 30.3 Å². The van der Waals surface area contributed by atoms with Crippen LogP contribution in [0.5, 0.6) is 11.5 Å². The van der Waals surface area contributed by atoms with Crippen molar-refractivity contribution >= 4 is 10.0 Å². The Morgan fingerprint density at radius 1 is 1.00 bits per heavy atom. The van der Waals surface area contributed by atoms with E-state index in [0.29, 0.717) is 17.1 Å². The molecule has 0 radical (unpaired) electrons. The van der Waals surface area contributed by atoms with Crippen LogP contribution < -0.4 is 14.2 Å². The molecule has 0 bridgehead atoms. The minimum Gasteiger partial charge on any atom is -0.493 e. The maximum atomic E-state index is 12.7. The molecule has 2 aromatic carbocycles. The first-order valence-electron chi connectivity index (χ1n) is 7.19. The average Bonchev–Trinajstić information content (AvgIpc) is 2.54. The van der Waals surface area contributed by atoms with E-state index in [9.17, 15) is 8.42 Å². The summed E-state index contributed by atoms with van der Waals surface area (Å²) < 4.78 is 38.5. The van der Waals surface area contributed by atoms with Gasteiger partial charge in [0.2, 0.25) is 10.0 Å². The number of hydrogen-bond acceptors (Lipinski definition) is 4. The smallest absolute Gasteiger partial charge is 0.241 e. The lowest BCUT2D eigenvalue weighted by Gasteiger charge is -2.17. The van der Waals surface area contributed by atoms with Crippen LogP contribution in [-0.2, 0) is 10.0 Å². The fraction of sp³-hybridized carbons (Fsp3) is 0.294. The third-order valence-corrected chi connectivity index (χ3v) is 5.28. The number of benzene rings is 2. The molecule has 1 unspecified atom stereocenters. The van der Waals surface area contributed by atoms with Crippen molar-refractivity contribution in [2.45, 2.75) is 24.8 Å². The number of sulfonamides is 1. The number of methoxy groups -OCH3 is 2. The number of ether oxygens (including phenoxy) is 2. The van der Waals surface area contributed by atoms with E-state index in [4.69, 9.17) is 9.47 Å². The molecule has 0 aliphatic carbocycles. The van der Waals surface area contributed by atoms with Crippen molar-refractivity contribution < 1.29 is 17.9 Å². The number of aryl methyl sites for hydroxylation is 1. The molecular weight excluding hydrogens is 314 g/mol. The van der Waals surface area contributed by atoms with Gasteiger partial charge in [0.15, 0.2) is 11.5 Å². The van der Waals surface area contributed by atoms with Gasteiger partial charge in [-0.3, -0.25) is 0 Å². The molecular formula is C17H21NO4S. The summed E-state index contributed by atoms with van der Waals surface area (Å²) in [4.78, 5) is 0.179. The van der Waals surface area contributed by atoms with Crippen molar-refractivity contribution in [3.05, 3.63) is 53.6 Å². The van der Waals surface area contributed by atoms with Crippen LogP contribution in [0.2, 0.25) is 0 Å². The summed E-state index contributed by atoms with van der Waals surface area (Å²) in [5, 5.41) is 0. The first kappa shape index (κ1) is 17.3. The van der Waals surface area contributed by atoms with Gasteiger partial charge >= 0.3 is 0 Å². The first-order chi connectivity index (χ1) is 10.9. The summed E-state index contributed by atoms with van der Waals surface area (Å²) in [6.07, 6.45) is 0. The lowest BCUT2D eigenvalue weighted by Crippen LogP contribution is -2.27. The summed E-state index contributed by atoms with van der Waals surface area (Å²) in [5.41, 5.74) is 1.49. The molecule has 1 N–H and O–H groups in total.